The van der Waals surface area contributed by atoms with Crippen LogP contribution < -0.4 is 0 Å². The van der Waals surface area contributed by atoms with Crippen LogP contribution >= 0.6 is 0 Å². The number of aryl methyl sites for hydroxylation is 1. The van der Waals surface area contributed by atoms with E-state index >= 15 is 0 Å². The molecule has 5 nitrogen and oxygen atoms in total. The van der Waals surface area contributed by atoms with E-state index in [1.165, 1.54) is 12.8 Å². The number of hydrogen-bond acceptors (Lipinski definition) is 3. The van der Waals surface area contributed by atoms with Crippen LogP contribution in [0.2, 0.25) is 0 Å². The van der Waals surface area contributed by atoms with Crippen molar-refractivity contribution in [2.24, 2.45) is 5.92 Å². The van der Waals surface area contributed by atoms with Crippen LogP contribution in [-0.4, -0.2) is 25.8 Å². The molecule has 0 bridgehead atoms. The van der Waals surface area contributed by atoms with E-state index in [0.29, 0.717) is 5.92 Å². The van der Waals surface area contributed by atoms with E-state index in [2.05, 4.69) is 10.1 Å². The fourth-order valence-electron chi connectivity index (χ4n) is 2.32. The molecule has 1 N–H and O–H groups in total. The van der Waals surface area contributed by atoms with E-state index in [9.17, 15) is 4.79 Å². The van der Waals surface area contributed by atoms with Gasteiger partial charge >= 0.3 is 5.97 Å². The van der Waals surface area contributed by atoms with Crippen molar-refractivity contribution in [1.82, 2.24) is 14.8 Å². The molecule has 1 atom stereocenters. The van der Waals surface area contributed by atoms with Crippen LogP contribution in [-0.2, 0) is 17.8 Å². The molecular weight excluding hydrogens is 206 g/mol. The van der Waals surface area contributed by atoms with Crippen LogP contribution in [0.15, 0.2) is 0 Å². The number of carbonyl (C=O) groups is 1. The quantitative estimate of drug-likeness (QED) is 0.832. The maximum atomic E-state index is 10.7. The largest absolute Gasteiger partial charge is 0.481 e. The van der Waals surface area contributed by atoms with Gasteiger partial charge in [-0.25, -0.2) is 9.67 Å². The first-order valence-electron chi connectivity index (χ1n) is 5.88. The highest BCUT2D eigenvalue weighted by Crippen LogP contribution is 2.38. The molecule has 86 valence electrons. The fourth-order valence-corrected chi connectivity index (χ4v) is 2.32. The summed E-state index contributed by atoms with van der Waals surface area (Å²) in [6.45, 7) is 0.826. The van der Waals surface area contributed by atoms with Gasteiger partial charge in [-0.05, 0) is 25.2 Å². The van der Waals surface area contributed by atoms with Crippen LogP contribution in [0.4, 0.5) is 0 Å². The lowest BCUT2D eigenvalue weighted by Gasteiger charge is -2.20. The number of nitrogens with zero attached hydrogens (tertiary/aromatic N) is 3. The number of fused-ring (bicyclic) bond motifs is 1. The normalized spacial score (nSPS) is 24.1. The highest BCUT2D eigenvalue weighted by atomic mass is 16.4. The van der Waals surface area contributed by atoms with Crippen molar-refractivity contribution in [2.75, 3.05) is 0 Å². The molecule has 0 radical (unpaired) electrons. The van der Waals surface area contributed by atoms with Crippen LogP contribution in [0.25, 0.3) is 0 Å². The van der Waals surface area contributed by atoms with Crippen molar-refractivity contribution in [3.05, 3.63) is 11.6 Å². The molecule has 16 heavy (non-hydrogen) atoms. The van der Waals surface area contributed by atoms with Gasteiger partial charge in [0.25, 0.3) is 0 Å². The summed E-state index contributed by atoms with van der Waals surface area (Å²) < 4.78 is 1.96. The van der Waals surface area contributed by atoms with Gasteiger partial charge in [0.1, 0.15) is 5.82 Å². The van der Waals surface area contributed by atoms with E-state index < -0.39 is 5.97 Å². The summed E-state index contributed by atoms with van der Waals surface area (Å²) in [5.74, 6) is 2.07. The summed E-state index contributed by atoms with van der Waals surface area (Å²) in [4.78, 5) is 15.2. The summed E-state index contributed by atoms with van der Waals surface area (Å²) in [7, 11) is 0. The molecule has 3 rings (SSSR count). The smallest absolute Gasteiger partial charge is 0.303 e. The molecule has 1 saturated carbocycles. The fraction of sp³-hybridized carbons (Fsp3) is 0.727. The van der Waals surface area contributed by atoms with Crippen LogP contribution in [0.1, 0.15) is 43.3 Å². The minimum Gasteiger partial charge on any atom is -0.481 e. The van der Waals surface area contributed by atoms with E-state index in [0.717, 1.165) is 31.0 Å². The number of rotatable bonds is 3. The third kappa shape index (κ3) is 1.81. The van der Waals surface area contributed by atoms with Gasteiger partial charge in [0.2, 0.25) is 0 Å². The minimum absolute atomic E-state index is 0.237. The van der Waals surface area contributed by atoms with Crippen LogP contribution in [0.5, 0.6) is 0 Å². The maximum Gasteiger partial charge on any atom is 0.303 e. The summed E-state index contributed by atoms with van der Waals surface area (Å²) in [5, 5.41) is 13.3. The van der Waals surface area contributed by atoms with Gasteiger partial charge in [0, 0.05) is 25.3 Å². The molecule has 1 aliphatic carbocycles. The van der Waals surface area contributed by atoms with Crippen LogP contribution in [0, 0.1) is 5.92 Å². The lowest BCUT2D eigenvalue weighted by molar-refractivity contribution is -0.138. The molecule has 1 fully saturated rings. The first kappa shape index (κ1) is 9.81. The SMILES string of the molecule is O=C(O)CC1CCn2nc(C3CC3)nc2C1. The number of aromatic nitrogens is 3. The average Bonchev–Trinajstić information content (AvgIpc) is 2.98. The monoisotopic (exact) mass is 221 g/mol. The Labute approximate surface area is 93.5 Å². The van der Waals surface area contributed by atoms with Gasteiger partial charge < -0.3 is 5.11 Å². The van der Waals surface area contributed by atoms with Gasteiger partial charge in [-0.2, -0.15) is 5.10 Å². The molecule has 0 spiro atoms. The Bertz CT molecular complexity index is 423. The molecule has 1 aromatic heterocycles. The Morgan fingerprint density at radius 2 is 2.25 bits per heavy atom. The van der Waals surface area contributed by atoms with Gasteiger partial charge in [-0.3, -0.25) is 4.79 Å². The highest BCUT2D eigenvalue weighted by molar-refractivity contribution is 5.67. The minimum atomic E-state index is -0.708. The summed E-state index contributed by atoms with van der Waals surface area (Å²) in [5.41, 5.74) is 0. The van der Waals surface area contributed by atoms with Crippen molar-refractivity contribution >= 4 is 5.97 Å². The van der Waals surface area contributed by atoms with Gasteiger partial charge in [0.05, 0.1) is 0 Å². The Morgan fingerprint density at radius 3 is 2.94 bits per heavy atom. The maximum absolute atomic E-state index is 10.7. The molecule has 0 amide bonds. The Balaban J connectivity index is 1.74. The number of aliphatic carboxylic acids is 1. The predicted octanol–water partition coefficient (Wildman–Crippen LogP) is 1.19. The molecule has 0 saturated heterocycles. The third-order valence-corrected chi connectivity index (χ3v) is 3.39. The van der Waals surface area contributed by atoms with Gasteiger partial charge in [-0.15, -0.1) is 0 Å². The summed E-state index contributed by atoms with van der Waals surface area (Å²) in [6, 6.07) is 0. The molecule has 1 aliphatic heterocycles. The van der Waals surface area contributed by atoms with Crippen molar-refractivity contribution in [3.63, 3.8) is 0 Å². The van der Waals surface area contributed by atoms with Crippen molar-refractivity contribution < 1.29 is 9.90 Å². The zero-order valence-electron chi connectivity index (χ0n) is 9.09. The lowest BCUT2D eigenvalue weighted by atomic mass is 9.95. The number of carboxylic acids is 1. The molecule has 1 unspecified atom stereocenters. The molecule has 2 aliphatic rings. The summed E-state index contributed by atoms with van der Waals surface area (Å²) >= 11 is 0. The van der Waals surface area contributed by atoms with Crippen molar-refractivity contribution in [3.8, 4) is 0 Å². The predicted molar refractivity (Wildman–Crippen MR) is 56.1 cm³/mol. The average molecular weight is 221 g/mol. The van der Waals surface area contributed by atoms with Crippen molar-refractivity contribution in [2.45, 2.75) is 44.6 Å². The molecule has 0 aromatic carbocycles. The molecule has 1 aromatic rings. The van der Waals surface area contributed by atoms with E-state index in [1.54, 1.807) is 0 Å². The Hall–Kier alpha value is -1.39. The second kappa shape index (κ2) is 3.57. The van der Waals surface area contributed by atoms with E-state index in [-0.39, 0.29) is 12.3 Å². The molecular formula is C11H15N3O2. The third-order valence-electron chi connectivity index (χ3n) is 3.39. The highest BCUT2D eigenvalue weighted by Gasteiger charge is 2.31. The molecule has 5 heteroatoms. The first-order chi connectivity index (χ1) is 7.72. The van der Waals surface area contributed by atoms with E-state index in [1.807, 2.05) is 4.68 Å². The second-order valence-corrected chi connectivity index (χ2v) is 4.84. The summed E-state index contributed by atoms with van der Waals surface area (Å²) in [6.07, 6.45) is 4.36. The number of carboxylic acid groups (broad SMARTS) is 1. The Morgan fingerprint density at radius 1 is 1.44 bits per heavy atom. The van der Waals surface area contributed by atoms with Gasteiger partial charge in [0.15, 0.2) is 5.82 Å². The zero-order valence-corrected chi connectivity index (χ0v) is 9.09. The molecule has 2 heterocycles. The first-order valence-corrected chi connectivity index (χ1v) is 5.88. The van der Waals surface area contributed by atoms with E-state index in [4.69, 9.17) is 5.11 Å². The Kier molecular flexibility index (Phi) is 2.19. The zero-order chi connectivity index (χ0) is 11.1. The lowest BCUT2D eigenvalue weighted by Crippen LogP contribution is -2.22. The topological polar surface area (TPSA) is 68.0 Å². The standard InChI is InChI=1S/C11H15N3O2/c15-10(16)6-7-3-4-14-9(5-7)12-11(13-14)8-1-2-8/h7-8H,1-6H2,(H,15,16). The second-order valence-electron chi connectivity index (χ2n) is 4.84. The van der Waals surface area contributed by atoms with Crippen LogP contribution in [0.3, 0.4) is 0 Å². The van der Waals surface area contributed by atoms with Gasteiger partial charge in [-0.1, -0.05) is 0 Å². The number of hydrogen-bond donors (Lipinski definition) is 1. The van der Waals surface area contributed by atoms with Crippen molar-refractivity contribution in [1.29, 1.82) is 0 Å².